The predicted molar refractivity (Wildman–Crippen MR) is 95.1 cm³/mol. The fourth-order valence-electron chi connectivity index (χ4n) is 3.90. The van der Waals surface area contributed by atoms with Crippen LogP contribution in [0.1, 0.15) is 47.3 Å². The standard InChI is InChI=1S/C18H26N4OS/c1-13-20-16(11-24-13)10-23-9-15-7-22(6-14-4-3-5-14)8-17-18(15)21(2)12-19-17/h11-12,14-15H,3-10H2,1-2H3/t15-/m0/s1. The van der Waals surface area contributed by atoms with Crippen molar-refractivity contribution in [2.24, 2.45) is 13.0 Å². The summed E-state index contributed by atoms with van der Waals surface area (Å²) in [6, 6.07) is 0. The minimum Gasteiger partial charge on any atom is -0.374 e. The Kier molecular flexibility index (Phi) is 4.70. The van der Waals surface area contributed by atoms with Crippen LogP contribution < -0.4 is 0 Å². The fourth-order valence-corrected chi connectivity index (χ4v) is 4.50. The molecule has 0 N–H and O–H groups in total. The van der Waals surface area contributed by atoms with Crippen molar-refractivity contribution < 1.29 is 4.74 Å². The van der Waals surface area contributed by atoms with E-state index in [1.54, 1.807) is 11.3 Å². The lowest BCUT2D eigenvalue weighted by atomic mass is 9.84. The number of fused-ring (bicyclic) bond motifs is 1. The molecule has 1 saturated carbocycles. The molecule has 1 atom stereocenters. The largest absolute Gasteiger partial charge is 0.374 e. The van der Waals surface area contributed by atoms with Crippen LogP contribution in [0.15, 0.2) is 11.7 Å². The third-order valence-corrected chi connectivity index (χ3v) is 6.10. The van der Waals surface area contributed by atoms with Crippen LogP contribution in [-0.4, -0.2) is 39.1 Å². The minimum absolute atomic E-state index is 0.404. The molecule has 6 heteroatoms. The van der Waals surface area contributed by atoms with E-state index >= 15 is 0 Å². The smallest absolute Gasteiger partial charge is 0.0949 e. The maximum Gasteiger partial charge on any atom is 0.0949 e. The van der Waals surface area contributed by atoms with E-state index in [2.05, 4.69) is 31.9 Å². The minimum atomic E-state index is 0.404. The molecule has 4 rings (SSSR count). The Balaban J connectivity index is 1.40. The van der Waals surface area contributed by atoms with Crippen LogP contribution in [0.3, 0.4) is 0 Å². The highest BCUT2D eigenvalue weighted by Crippen LogP contribution is 2.32. The van der Waals surface area contributed by atoms with Crippen LogP contribution >= 0.6 is 11.3 Å². The van der Waals surface area contributed by atoms with Crippen LogP contribution in [0.25, 0.3) is 0 Å². The number of hydrogen-bond acceptors (Lipinski definition) is 5. The van der Waals surface area contributed by atoms with Gasteiger partial charge >= 0.3 is 0 Å². The maximum absolute atomic E-state index is 6.02. The quantitative estimate of drug-likeness (QED) is 0.806. The molecule has 2 aliphatic rings. The van der Waals surface area contributed by atoms with Crippen LogP contribution in [0.4, 0.5) is 0 Å². The summed E-state index contributed by atoms with van der Waals surface area (Å²) in [5.74, 6) is 1.30. The van der Waals surface area contributed by atoms with Crippen molar-refractivity contribution in [1.82, 2.24) is 19.4 Å². The molecule has 2 aromatic rings. The van der Waals surface area contributed by atoms with Crippen molar-refractivity contribution >= 4 is 11.3 Å². The van der Waals surface area contributed by atoms with Gasteiger partial charge in [0.1, 0.15) is 0 Å². The first-order valence-electron chi connectivity index (χ1n) is 8.90. The molecular weight excluding hydrogens is 320 g/mol. The Morgan fingerprint density at radius 3 is 2.96 bits per heavy atom. The second kappa shape index (κ2) is 6.94. The van der Waals surface area contributed by atoms with Gasteiger partial charge in [0.15, 0.2) is 0 Å². The molecule has 3 heterocycles. The molecule has 0 unspecified atom stereocenters. The van der Waals surface area contributed by atoms with Gasteiger partial charge < -0.3 is 9.30 Å². The Labute approximate surface area is 147 Å². The molecule has 130 valence electrons. The normalized spacial score (nSPS) is 21.7. The summed E-state index contributed by atoms with van der Waals surface area (Å²) in [5.41, 5.74) is 3.64. The van der Waals surface area contributed by atoms with Crippen molar-refractivity contribution in [1.29, 1.82) is 0 Å². The molecule has 1 aliphatic carbocycles. The number of thiazole rings is 1. The van der Waals surface area contributed by atoms with Gasteiger partial charge in [0.2, 0.25) is 0 Å². The molecule has 0 radical (unpaired) electrons. The van der Waals surface area contributed by atoms with E-state index in [4.69, 9.17) is 4.74 Å². The molecule has 0 amide bonds. The van der Waals surface area contributed by atoms with Gasteiger partial charge in [-0.2, -0.15) is 0 Å². The zero-order valence-electron chi connectivity index (χ0n) is 14.6. The average molecular weight is 346 g/mol. The van der Waals surface area contributed by atoms with Crippen molar-refractivity contribution in [3.8, 4) is 0 Å². The van der Waals surface area contributed by atoms with Gasteiger partial charge in [-0.1, -0.05) is 6.42 Å². The lowest BCUT2D eigenvalue weighted by molar-refractivity contribution is 0.0744. The highest BCUT2D eigenvalue weighted by molar-refractivity contribution is 7.09. The van der Waals surface area contributed by atoms with Gasteiger partial charge in [-0.15, -0.1) is 11.3 Å². The number of nitrogens with zero attached hydrogens (tertiary/aromatic N) is 4. The molecule has 2 aromatic heterocycles. The summed E-state index contributed by atoms with van der Waals surface area (Å²) in [4.78, 5) is 11.7. The first kappa shape index (κ1) is 16.2. The van der Waals surface area contributed by atoms with Gasteiger partial charge in [0, 0.05) is 43.7 Å². The number of imidazole rings is 1. The van der Waals surface area contributed by atoms with E-state index in [1.807, 2.05) is 13.3 Å². The maximum atomic E-state index is 6.02. The lowest BCUT2D eigenvalue weighted by Gasteiger charge is -2.37. The fraction of sp³-hybridized carbons (Fsp3) is 0.667. The van der Waals surface area contributed by atoms with E-state index in [0.29, 0.717) is 12.5 Å². The van der Waals surface area contributed by atoms with Crippen LogP contribution in [0.5, 0.6) is 0 Å². The van der Waals surface area contributed by atoms with Crippen molar-refractivity contribution in [2.75, 3.05) is 19.7 Å². The van der Waals surface area contributed by atoms with Crippen LogP contribution in [0.2, 0.25) is 0 Å². The Hall–Kier alpha value is -1.24. The molecule has 1 aliphatic heterocycles. The van der Waals surface area contributed by atoms with Crippen molar-refractivity contribution in [2.45, 2.75) is 45.3 Å². The zero-order chi connectivity index (χ0) is 16.5. The zero-order valence-corrected chi connectivity index (χ0v) is 15.4. The third-order valence-electron chi connectivity index (χ3n) is 5.28. The van der Waals surface area contributed by atoms with E-state index in [9.17, 15) is 0 Å². The molecule has 0 spiro atoms. The lowest BCUT2D eigenvalue weighted by Crippen LogP contribution is -2.40. The molecule has 24 heavy (non-hydrogen) atoms. The number of rotatable bonds is 6. The number of ether oxygens (including phenoxy) is 1. The Bertz CT molecular complexity index is 691. The highest BCUT2D eigenvalue weighted by atomic mass is 32.1. The van der Waals surface area contributed by atoms with Gasteiger partial charge in [0.05, 0.1) is 35.9 Å². The van der Waals surface area contributed by atoms with E-state index in [-0.39, 0.29) is 0 Å². The summed E-state index contributed by atoms with van der Waals surface area (Å²) in [6.07, 6.45) is 6.16. The number of aryl methyl sites for hydroxylation is 2. The monoisotopic (exact) mass is 346 g/mol. The second-order valence-corrected chi connectivity index (χ2v) is 8.31. The van der Waals surface area contributed by atoms with Gasteiger partial charge in [-0.25, -0.2) is 9.97 Å². The third kappa shape index (κ3) is 3.41. The molecular formula is C18H26N4OS. The topological polar surface area (TPSA) is 43.2 Å². The Morgan fingerprint density at radius 2 is 2.25 bits per heavy atom. The number of aromatic nitrogens is 3. The molecule has 0 bridgehead atoms. The summed E-state index contributed by atoms with van der Waals surface area (Å²) >= 11 is 1.69. The predicted octanol–water partition coefficient (Wildman–Crippen LogP) is 3.10. The average Bonchev–Trinajstić information content (AvgIpc) is 3.10. The van der Waals surface area contributed by atoms with Gasteiger partial charge in [-0.05, 0) is 25.7 Å². The van der Waals surface area contributed by atoms with Gasteiger partial charge in [-0.3, -0.25) is 4.90 Å². The summed E-state index contributed by atoms with van der Waals surface area (Å²) in [6.45, 7) is 6.68. The van der Waals surface area contributed by atoms with E-state index < -0.39 is 0 Å². The molecule has 0 saturated heterocycles. The van der Waals surface area contributed by atoms with Crippen molar-refractivity contribution in [3.05, 3.63) is 33.8 Å². The van der Waals surface area contributed by atoms with E-state index in [1.165, 1.54) is 37.2 Å². The van der Waals surface area contributed by atoms with E-state index in [0.717, 1.165) is 36.3 Å². The van der Waals surface area contributed by atoms with Crippen LogP contribution in [0, 0.1) is 12.8 Å². The number of hydrogen-bond donors (Lipinski definition) is 0. The summed E-state index contributed by atoms with van der Waals surface area (Å²) in [5, 5.41) is 3.20. The first-order valence-corrected chi connectivity index (χ1v) is 9.78. The SMILES string of the molecule is Cc1nc(COC[C@@H]2CN(CC3CCC3)Cc3ncn(C)c32)cs1. The second-order valence-electron chi connectivity index (χ2n) is 7.25. The molecule has 5 nitrogen and oxygen atoms in total. The first-order chi connectivity index (χ1) is 11.7. The summed E-state index contributed by atoms with van der Waals surface area (Å²) in [7, 11) is 2.10. The molecule has 1 fully saturated rings. The van der Waals surface area contributed by atoms with Gasteiger partial charge in [0.25, 0.3) is 0 Å². The van der Waals surface area contributed by atoms with Crippen LogP contribution in [-0.2, 0) is 24.9 Å². The molecule has 0 aromatic carbocycles. The highest BCUT2D eigenvalue weighted by Gasteiger charge is 2.31. The Morgan fingerprint density at radius 1 is 1.38 bits per heavy atom. The summed E-state index contributed by atoms with van der Waals surface area (Å²) < 4.78 is 8.20. The van der Waals surface area contributed by atoms with Crippen molar-refractivity contribution in [3.63, 3.8) is 0 Å².